The molecule has 0 aromatic carbocycles. The summed E-state index contributed by atoms with van der Waals surface area (Å²) in [5.41, 5.74) is 3.75. The van der Waals surface area contributed by atoms with Gasteiger partial charge in [0.25, 0.3) is 0 Å². The highest BCUT2D eigenvalue weighted by Crippen LogP contribution is 2.60. The molecule has 0 spiro atoms. The second-order valence-electron chi connectivity index (χ2n) is 11.5. The van der Waals surface area contributed by atoms with Crippen LogP contribution in [0.2, 0.25) is 0 Å². The molecule has 0 heterocycles. The van der Waals surface area contributed by atoms with E-state index >= 15 is 0 Å². The van der Waals surface area contributed by atoms with Crippen LogP contribution >= 0.6 is 0 Å². The van der Waals surface area contributed by atoms with Gasteiger partial charge in [0.05, 0.1) is 17.8 Å². The van der Waals surface area contributed by atoms with Crippen LogP contribution in [0.5, 0.6) is 0 Å². The summed E-state index contributed by atoms with van der Waals surface area (Å²) in [6.07, 6.45) is 15.2. The van der Waals surface area contributed by atoms with E-state index in [1.165, 1.54) is 43.3 Å². The molecule has 0 saturated heterocycles. The Morgan fingerprint density at radius 2 is 1.97 bits per heavy atom. The van der Waals surface area contributed by atoms with Gasteiger partial charge in [0, 0.05) is 7.11 Å². The third-order valence-electron chi connectivity index (χ3n) is 8.79. The molecule has 0 aliphatic heterocycles. The van der Waals surface area contributed by atoms with Crippen molar-refractivity contribution in [3.63, 3.8) is 0 Å². The molecule has 2 N–H and O–H groups in total. The van der Waals surface area contributed by atoms with Crippen molar-refractivity contribution in [3.8, 4) is 0 Å². The quantitative estimate of drug-likeness (QED) is 0.494. The maximum Gasteiger partial charge on any atom is 0.0600 e. The van der Waals surface area contributed by atoms with Gasteiger partial charge in [0.1, 0.15) is 0 Å². The number of ether oxygens (including phenoxy) is 1. The van der Waals surface area contributed by atoms with Gasteiger partial charge in [0.2, 0.25) is 0 Å². The molecule has 3 aliphatic rings. The summed E-state index contributed by atoms with van der Waals surface area (Å²) in [6, 6.07) is 0. The van der Waals surface area contributed by atoms with Gasteiger partial charge in [-0.05, 0) is 107 Å². The van der Waals surface area contributed by atoms with Crippen LogP contribution in [0.1, 0.15) is 91.9 Å². The van der Waals surface area contributed by atoms with Crippen LogP contribution < -0.4 is 0 Å². The fraction of sp³-hybridized carbons (Fsp3) is 0.786. The van der Waals surface area contributed by atoms with Crippen LogP contribution in [0.4, 0.5) is 0 Å². The molecule has 3 rings (SSSR count). The molecule has 0 unspecified atom stereocenters. The Morgan fingerprint density at radius 3 is 2.65 bits per heavy atom. The van der Waals surface area contributed by atoms with Crippen LogP contribution in [0.25, 0.3) is 0 Å². The molecule has 0 radical (unpaired) electrons. The minimum atomic E-state index is -0.635. The molecule has 176 valence electrons. The van der Waals surface area contributed by atoms with Gasteiger partial charge in [0.15, 0.2) is 0 Å². The van der Waals surface area contributed by atoms with Crippen molar-refractivity contribution in [1.29, 1.82) is 0 Å². The first-order valence-electron chi connectivity index (χ1n) is 12.6. The molecule has 3 aliphatic carbocycles. The SMILES string of the molecule is C=C1CC[C@H](O)C/C1=C/C=C1\CCC[C@]2(C)[C@@H]([C@H](C)[C@H](CCC(C)(C)O)OC)CC[C@@H]12. The van der Waals surface area contributed by atoms with E-state index in [0.717, 1.165) is 32.1 Å². The Kier molecular flexibility index (Phi) is 7.92. The summed E-state index contributed by atoms with van der Waals surface area (Å²) < 4.78 is 5.95. The van der Waals surface area contributed by atoms with Gasteiger partial charge in [-0.3, -0.25) is 0 Å². The van der Waals surface area contributed by atoms with Gasteiger partial charge in [-0.15, -0.1) is 0 Å². The molecule has 3 fully saturated rings. The standard InChI is InChI=1S/C28H46O3/c1-19-9-12-23(29)18-22(19)11-10-21-8-7-16-28(5)24(13-14-25(21)28)20(2)26(31-6)15-17-27(3,4)30/h10-11,20,23-26,29-30H,1,7-9,12-18H2,2-6H3/b21-10+,22-11-/t20-,23-,24+,25-,26-,28+/m0/s1. The molecule has 0 aromatic heterocycles. The monoisotopic (exact) mass is 430 g/mol. The molecule has 0 amide bonds. The Balaban J connectivity index is 1.75. The molecular formula is C28H46O3. The summed E-state index contributed by atoms with van der Waals surface area (Å²) in [6.45, 7) is 12.9. The smallest absolute Gasteiger partial charge is 0.0600 e. The van der Waals surface area contributed by atoms with Crippen molar-refractivity contribution in [1.82, 2.24) is 0 Å². The van der Waals surface area contributed by atoms with Crippen LogP contribution in [0.3, 0.4) is 0 Å². The summed E-state index contributed by atoms with van der Waals surface area (Å²) in [7, 11) is 1.84. The second-order valence-corrected chi connectivity index (χ2v) is 11.5. The lowest BCUT2D eigenvalue weighted by molar-refractivity contribution is -0.0247. The van der Waals surface area contributed by atoms with Crippen molar-refractivity contribution < 1.29 is 14.9 Å². The third-order valence-corrected chi connectivity index (χ3v) is 8.79. The molecule has 3 saturated carbocycles. The van der Waals surface area contributed by atoms with Crippen molar-refractivity contribution in [2.45, 2.75) is 110 Å². The molecule has 0 bridgehead atoms. The zero-order valence-corrected chi connectivity index (χ0v) is 20.6. The van der Waals surface area contributed by atoms with Gasteiger partial charge in [-0.1, -0.05) is 43.7 Å². The van der Waals surface area contributed by atoms with Crippen molar-refractivity contribution >= 4 is 0 Å². The minimum Gasteiger partial charge on any atom is -0.393 e. The lowest BCUT2D eigenvalue weighted by atomic mass is 9.60. The number of aliphatic hydroxyl groups is 2. The Morgan fingerprint density at radius 1 is 1.23 bits per heavy atom. The van der Waals surface area contributed by atoms with E-state index in [9.17, 15) is 10.2 Å². The van der Waals surface area contributed by atoms with Crippen LogP contribution in [-0.2, 0) is 4.74 Å². The van der Waals surface area contributed by atoms with Gasteiger partial charge in [-0.2, -0.15) is 0 Å². The molecule has 3 nitrogen and oxygen atoms in total. The second kappa shape index (κ2) is 9.93. The lowest BCUT2D eigenvalue weighted by Gasteiger charge is -2.45. The average molecular weight is 431 g/mol. The fourth-order valence-electron chi connectivity index (χ4n) is 6.89. The normalized spacial score (nSPS) is 36.6. The minimum absolute atomic E-state index is 0.204. The number of allylic oxidation sites excluding steroid dienone is 4. The first kappa shape index (κ1) is 24.7. The Hall–Kier alpha value is -0.900. The molecular weight excluding hydrogens is 384 g/mol. The van der Waals surface area contributed by atoms with Gasteiger partial charge in [-0.25, -0.2) is 0 Å². The van der Waals surface area contributed by atoms with Gasteiger partial charge >= 0.3 is 0 Å². The Bertz CT molecular complexity index is 698. The highest BCUT2D eigenvalue weighted by atomic mass is 16.5. The topological polar surface area (TPSA) is 49.7 Å². The number of fused-ring (bicyclic) bond motifs is 1. The number of hydrogen-bond acceptors (Lipinski definition) is 3. The van der Waals surface area contributed by atoms with Crippen molar-refractivity contribution in [3.05, 3.63) is 35.5 Å². The first-order valence-corrected chi connectivity index (χ1v) is 12.6. The molecule has 31 heavy (non-hydrogen) atoms. The lowest BCUT2D eigenvalue weighted by Crippen LogP contribution is -2.40. The predicted octanol–water partition coefficient (Wildman–Crippen LogP) is 6.36. The van der Waals surface area contributed by atoms with E-state index in [2.05, 4.69) is 32.6 Å². The average Bonchev–Trinajstić information content (AvgIpc) is 3.05. The zero-order chi connectivity index (χ0) is 22.8. The molecule has 6 atom stereocenters. The summed E-state index contributed by atoms with van der Waals surface area (Å²) >= 11 is 0. The van der Waals surface area contributed by atoms with Gasteiger partial charge < -0.3 is 14.9 Å². The summed E-state index contributed by atoms with van der Waals surface area (Å²) in [4.78, 5) is 0. The predicted molar refractivity (Wildman–Crippen MR) is 129 cm³/mol. The third kappa shape index (κ3) is 5.72. The zero-order valence-electron chi connectivity index (χ0n) is 20.6. The first-order chi connectivity index (χ1) is 14.5. The maximum atomic E-state index is 10.2. The number of rotatable bonds is 7. The van der Waals surface area contributed by atoms with E-state index < -0.39 is 5.60 Å². The van der Waals surface area contributed by atoms with E-state index in [1.807, 2.05) is 21.0 Å². The van der Waals surface area contributed by atoms with Crippen LogP contribution in [-0.4, -0.2) is 35.1 Å². The van der Waals surface area contributed by atoms with E-state index in [-0.39, 0.29) is 12.2 Å². The fourth-order valence-corrected chi connectivity index (χ4v) is 6.89. The number of methoxy groups -OCH3 is 1. The van der Waals surface area contributed by atoms with Crippen LogP contribution in [0.15, 0.2) is 35.5 Å². The van der Waals surface area contributed by atoms with Crippen molar-refractivity contribution in [2.24, 2.45) is 23.2 Å². The maximum absolute atomic E-state index is 10.2. The number of hydrogen-bond donors (Lipinski definition) is 2. The largest absolute Gasteiger partial charge is 0.393 e. The summed E-state index contributed by atoms with van der Waals surface area (Å²) in [5, 5.41) is 20.3. The van der Waals surface area contributed by atoms with E-state index in [4.69, 9.17) is 4.74 Å². The summed E-state index contributed by atoms with van der Waals surface area (Å²) in [5.74, 6) is 1.81. The van der Waals surface area contributed by atoms with Crippen molar-refractivity contribution in [2.75, 3.05) is 7.11 Å². The highest BCUT2D eigenvalue weighted by Gasteiger charge is 2.51. The highest BCUT2D eigenvalue weighted by molar-refractivity contribution is 5.36. The molecule has 3 heteroatoms. The van der Waals surface area contributed by atoms with E-state index in [1.54, 1.807) is 5.57 Å². The van der Waals surface area contributed by atoms with Crippen LogP contribution in [0, 0.1) is 23.2 Å². The van der Waals surface area contributed by atoms with E-state index in [0.29, 0.717) is 23.2 Å². The Labute approximate surface area is 190 Å². The molecule has 0 aromatic rings. The number of aliphatic hydroxyl groups excluding tert-OH is 1.